The van der Waals surface area contributed by atoms with Gasteiger partial charge in [0.1, 0.15) is 0 Å². The summed E-state index contributed by atoms with van der Waals surface area (Å²) in [4.78, 5) is 26.0. The molecular weight excluding hydrogens is 434 g/mol. The minimum Gasteiger partial charge on any atom is -0.337 e. The molecule has 2 heterocycles. The number of rotatable bonds is 4. The van der Waals surface area contributed by atoms with Crippen molar-refractivity contribution in [1.29, 1.82) is 0 Å². The van der Waals surface area contributed by atoms with Crippen molar-refractivity contribution in [3.63, 3.8) is 0 Å². The second-order valence-electron chi connectivity index (χ2n) is 7.53. The molecule has 7 nitrogen and oxygen atoms in total. The standard InChI is InChI=1S/C22H23N3O4S2/c1-16-3-5-17(6-4-16)7-10-21(26)24-11-13-25(14-12-24)31(28,29)18-8-9-19-20(15-18)30-22(27)23(19)2/h3-10,15H,11-14H2,1-2H3. The highest BCUT2D eigenvalue weighted by Crippen LogP contribution is 2.24. The summed E-state index contributed by atoms with van der Waals surface area (Å²) >= 11 is 1.03. The average molecular weight is 458 g/mol. The van der Waals surface area contributed by atoms with Crippen molar-refractivity contribution in [3.05, 3.63) is 69.3 Å². The van der Waals surface area contributed by atoms with E-state index < -0.39 is 10.0 Å². The van der Waals surface area contributed by atoms with E-state index in [0.29, 0.717) is 23.3 Å². The van der Waals surface area contributed by atoms with Gasteiger partial charge in [0.25, 0.3) is 0 Å². The molecule has 2 aromatic carbocycles. The second kappa shape index (κ2) is 8.41. The first kappa shape index (κ1) is 21.5. The van der Waals surface area contributed by atoms with Crippen LogP contribution < -0.4 is 4.87 Å². The van der Waals surface area contributed by atoms with Crippen LogP contribution in [0.5, 0.6) is 0 Å². The summed E-state index contributed by atoms with van der Waals surface area (Å²) in [7, 11) is -2.03. The summed E-state index contributed by atoms with van der Waals surface area (Å²) in [5.41, 5.74) is 2.81. The zero-order valence-corrected chi connectivity index (χ0v) is 18.9. The maximum absolute atomic E-state index is 13.1. The van der Waals surface area contributed by atoms with Gasteiger partial charge in [0.2, 0.25) is 15.9 Å². The molecule has 1 aliphatic heterocycles. The molecule has 0 saturated carbocycles. The lowest BCUT2D eigenvalue weighted by Crippen LogP contribution is -2.50. The summed E-state index contributed by atoms with van der Waals surface area (Å²) in [5, 5.41) is 0. The van der Waals surface area contributed by atoms with Gasteiger partial charge in [-0.1, -0.05) is 41.2 Å². The molecule has 0 atom stereocenters. The summed E-state index contributed by atoms with van der Waals surface area (Å²) in [6, 6.07) is 12.6. The number of thiazole rings is 1. The number of hydrogen-bond acceptors (Lipinski definition) is 5. The number of nitrogens with zero attached hydrogens (tertiary/aromatic N) is 3. The number of fused-ring (bicyclic) bond motifs is 1. The average Bonchev–Trinajstić information content (AvgIpc) is 3.06. The number of piperazine rings is 1. The Balaban J connectivity index is 1.43. The van der Waals surface area contributed by atoms with Crippen LogP contribution in [0.1, 0.15) is 11.1 Å². The van der Waals surface area contributed by atoms with Gasteiger partial charge in [-0.15, -0.1) is 0 Å². The predicted octanol–water partition coefficient (Wildman–Crippen LogP) is 2.45. The van der Waals surface area contributed by atoms with E-state index in [1.54, 1.807) is 30.2 Å². The number of sulfonamides is 1. The first-order chi connectivity index (χ1) is 14.8. The molecule has 1 saturated heterocycles. The Bertz CT molecular complexity index is 1310. The van der Waals surface area contributed by atoms with Gasteiger partial charge in [0.05, 0.1) is 15.1 Å². The van der Waals surface area contributed by atoms with Crippen molar-refractivity contribution >= 4 is 43.6 Å². The molecule has 0 spiro atoms. The topological polar surface area (TPSA) is 79.7 Å². The van der Waals surface area contributed by atoms with Gasteiger partial charge in [0.15, 0.2) is 0 Å². The lowest BCUT2D eigenvalue weighted by molar-refractivity contribution is -0.127. The zero-order valence-electron chi connectivity index (χ0n) is 17.3. The van der Waals surface area contributed by atoms with E-state index in [2.05, 4.69) is 0 Å². The molecule has 31 heavy (non-hydrogen) atoms. The molecule has 0 N–H and O–H groups in total. The number of aryl methyl sites for hydroxylation is 2. The van der Waals surface area contributed by atoms with Crippen molar-refractivity contribution in [3.8, 4) is 0 Å². The Morgan fingerprint density at radius 1 is 1.03 bits per heavy atom. The quantitative estimate of drug-likeness (QED) is 0.564. The number of benzene rings is 2. The molecule has 1 amide bonds. The van der Waals surface area contributed by atoms with Crippen LogP contribution in [-0.4, -0.2) is 54.3 Å². The first-order valence-corrected chi connectivity index (χ1v) is 12.1. The highest BCUT2D eigenvalue weighted by Gasteiger charge is 2.30. The molecule has 0 aliphatic carbocycles. The van der Waals surface area contributed by atoms with Crippen molar-refractivity contribution < 1.29 is 13.2 Å². The third-order valence-electron chi connectivity index (χ3n) is 5.45. The third-order valence-corrected chi connectivity index (χ3v) is 8.34. The maximum Gasteiger partial charge on any atom is 0.307 e. The fourth-order valence-corrected chi connectivity index (χ4v) is 5.97. The Morgan fingerprint density at radius 3 is 2.39 bits per heavy atom. The number of hydrogen-bond donors (Lipinski definition) is 0. The maximum atomic E-state index is 13.1. The Morgan fingerprint density at radius 2 is 1.71 bits per heavy atom. The van der Waals surface area contributed by atoms with Gasteiger partial charge in [-0.25, -0.2) is 8.42 Å². The third kappa shape index (κ3) is 4.34. The highest BCUT2D eigenvalue weighted by atomic mass is 32.2. The predicted molar refractivity (Wildman–Crippen MR) is 123 cm³/mol. The SMILES string of the molecule is Cc1ccc(C=CC(=O)N2CCN(S(=O)(=O)c3ccc4c(c3)sc(=O)n4C)CC2)cc1. The van der Waals surface area contributed by atoms with Gasteiger partial charge in [-0.2, -0.15) is 4.31 Å². The molecular formula is C22H23N3O4S2. The molecule has 1 fully saturated rings. The number of aromatic nitrogens is 1. The molecule has 0 radical (unpaired) electrons. The first-order valence-electron chi connectivity index (χ1n) is 9.89. The van der Waals surface area contributed by atoms with E-state index in [1.807, 2.05) is 31.2 Å². The van der Waals surface area contributed by atoms with E-state index >= 15 is 0 Å². The van der Waals surface area contributed by atoms with Crippen LogP contribution in [-0.2, 0) is 21.9 Å². The Labute approximate surface area is 184 Å². The van der Waals surface area contributed by atoms with E-state index in [9.17, 15) is 18.0 Å². The van der Waals surface area contributed by atoms with E-state index in [0.717, 1.165) is 22.5 Å². The molecule has 0 bridgehead atoms. The fourth-order valence-electron chi connectivity index (χ4n) is 3.52. The van der Waals surface area contributed by atoms with Crippen LogP contribution in [0.4, 0.5) is 0 Å². The van der Waals surface area contributed by atoms with Gasteiger partial charge in [-0.05, 0) is 36.8 Å². The monoisotopic (exact) mass is 457 g/mol. The highest BCUT2D eigenvalue weighted by molar-refractivity contribution is 7.89. The van der Waals surface area contributed by atoms with E-state index in [-0.39, 0.29) is 28.8 Å². The summed E-state index contributed by atoms with van der Waals surface area (Å²) in [5.74, 6) is -0.131. The molecule has 0 unspecified atom stereocenters. The number of amides is 1. The van der Waals surface area contributed by atoms with Crippen LogP contribution in [0.25, 0.3) is 16.3 Å². The Hall–Kier alpha value is -2.75. The minimum atomic E-state index is -3.69. The number of carbonyl (C=O) groups is 1. The lowest BCUT2D eigenvalue weighted by Gasteiger charge is -2.33. The molecule has 9 heteroatoms. The van der Waals surface area contributed by atoms with Crippen molar-refractivity contribution in [2.24, 2.45) is 7.05 Å². The van der Waals surface area contributed by atoms with Crippen molar-refractivity contribution in [1.82, 2.24) is 13.8 Å². The normalized spacial score (nSPS) is 15.7. The van der Waals surface area contributed by atoms with Gasteiger partial charge >= 0.3 is 4.87 Å². The van der Waals surface area contributed by atoms with E-state index in [1.165, 1.54) is 21.0 Å². The summed E-state index contributed by atoms with van der Waals surface area (Å²) in [6.07, 6.45) is 3.30. The summed E-state index contributed by atoms with van der Waals surface area (Å²) < 4.78 is 29.7. The largest absolute Gasteiger partial charge is 0.337 e. The van der Waals surface area contributed by atoms with Crippen LogP contribution >= 0.6 is 11.3 Å². The van der Waals surface area contributed by atoms with Crippen molar-refractivity contribution in [2.75, 3.05) is 26.2 Å². The van der Waals surface area contributed by atoms with Crippen LogP contribution in [0.2, 0.25) is 0 Å². The smallest absolute Gasteiger partial charge is 0.307 e. The minimum absolute atomic E-state index is 0.129. The zero-order chi connectivity index (χ0) is 22.2. The van der Waals surface area contributed by atoms with Gasteiger partial charge in [-0.3, -0.25) is 9.59 Å². The molecule has 162 valence electrons. The molecule has 1 aliphatic rings. The molecule has 1 aromatic heterocycles. The molecule has 3 aromatic rings. The molecule has 4 rings (SSSR count). The van der Waals surface area contributed by atoms with Crippen LogP contribution in [0.15, 0.2) is 58.2 Å². The lowest BCUT2D eigenvalue weighted by atomic mass is 10.1. The van der Waals surface area contributed by atoms with Gasteiger partial charge in [0, 0.05) is 39.3 Å². The Kier molecular flexibility index (Phi) is 5.83. The second-order valence-corrected chi connectivity index (χ2v) is 10.5. The van der Waals surface area contributed by atoms with Crippen LogP contribution in [0, 0.1) is 6.92 Å². The van der Waals surface area contributed by atoms with Gasteiger partial charge < -0.3 is 9.47 Å². The van der Waals surface area contributed by atoms with E-state index in [4.69, 9.17) is 0 Å². The summed E-state index contributed by atoms with van der Waals surface area (Å²) in [6.45, 7) is 3.13. The van der Waals surface area contributed by atoms with Crippen LogP contribution in [0.3, 0.4) is 0 Å². The number of carbonyl (C=O) groups excluding carboxylic acids is 1. The fraction of sp³-hybridized carbons (Fsp3) is 0.273. The van der Waals surface area contributed by atoms with Crippen molar-refractivity contribution in [2.45, 2.75) is 11.8 Å².